The highest BCUT2D eigenvalue weighted by Gasteiger charge is 2.06. The van der Waals surface area contributed by atoms with Crippen LogP contribution in [0.5, 0.6) is 0 Å². The molecular formula is C12H19NO3. The molecule has 0 amide bonds. The summed E-state index contributed by atoms with van der Waals surface area (Å²) in [5, 5.41) is 9.31. The fourth-order valence-corrected chi connectivity index (χ4v) is 1.33. The van der Waals surface area contributed by atoms with Crippen LogP contribution in [0.1, 0.15) is 38.4 Å². The molecule has 0 saturated carbocycles. The minimum atomic E-state index is -0.502. The molecule has 1 aromatic rings. The third-order valence-electron chi connectivity index (χ3n) is 2.33. The van der Waals surface area contributed by atoms with E-state index in [1.807, 2.05) is 0 Å². The van der Waals surface area contributed by atoms with E-state index in [0.717, 1.165) is 18.4 Å². The van der Waals surface area contributed by atoms with Crippen LogP contribution < -0.4 is 0 Å². The summed E-state index contributed by atoms with van der Waals surface area (Å²) in [6.45, 7) is 4.43. The summed E-state index contributed by atoms with van der Waals surface area (Å²) in [5.41, 5.74) is 0.807. The third kappa shape index (κ3) is 4.06. The largest absolute Gasteiger partial charge is 0.464 e. The van der Waals surface area contributed by atoms with Gasteiger partial charge in [-0.3, -0.25) is 4.79 Å². The van der Waals surface area contributed by atoms with Crippen molar-refractivity contribution in [2.24, 2.45) is 0 Å². The molecule has 1 atom stereocenters. The van der Waals surface area contributed by atoms with E-state index in [2.05, 4.69) is 6.92 Å². The van der Waals surface area contributed by atoms with Crippen molar-refractivity contribution in [2.45, 2.75) is 39.3 Å². The predicted molar refractivity (Wildman–Crippen MR) is 60.9 cm³/mol. The molecule has 0 aliphatic heterocycles. The van der Waals surface area contributed by atoms with Crippen molar-refractivity contribution in [3.8, 4) is 0 Å². The Hall–Kier alpha value is -1.29. The molecule has 1 rings (SSSR count). The lowest BCUT2D eigenvalue weighted by molar-refractivity contribution is -0.144. The van der Waals surface area contributed by atoms with Gasteiger partial charge in [0.05, 0.1) is 12.7 Å². The van der Waals surface area contributed by atoms with Gasteiger partial charge in [-0.2, -0.15) is 0 Å². The topological polar surface area (TPSA) is 51.5 Å². The Morgan fingerprint density at radius 3 is 2.94 bits per heavy atom. The molecule has 4 nitrogen and oxygen atoms in total. The molecule has 0 fully saturated rings. The van der Waals surface area contributed by atoms with Gasteiger partial charge in [0, 0.05) is 12.4 Å². The van der Waals surface area contributed by atoms with Crippen molar-refractivity contribution in [3.05, 3.63) is 24.0 Å². The maximum Gasteiger partial charge on any atom is 0.325 e. The van der Waals surface area contributed by atoms with Crippen molar-refractivity contribution >= 4 is 5.97 Å². The Morgan fingerprint density at radius 1 is 1.62 bits per heavy atom. The zero-order valence-corrected chi connectivity index (χ0v) is 9.85. The molecule has 0 spiro atoms. The first-order valence-corrected chi connectivity index (χ1v) is 5.63. The normalized spacial score (nSPS) is 12.4. The smallest absolute Gasteiger partial charge is 0.325 e. The van der Waals surface area contributed by atoms with Crippen molar-refractivity contribution in [2.75, 3.05) is 6.61 Å². The number of rotatable bonds is 6. The minimum absolute atomic E-state index is 0.205. The summed E-state index contributed by atoms with van der Waals surface area (Å²) < 4.78 is 6.75. The van der Waals surface area contributed by atoms with E-state index in [1.54, 1.807) is 30.0 Å². The van der Waals surface area contributed by atoms with E-state index >= 15 is 0 Å². The number of esters is 1. The molecule has 1 heterocycles. The van der Waals surface area contributed by atoms with E-state index < -0.39 is 6.10 Å². The summed E-state index contributed by atoms with van der Waals surface area (Å²) in [6, 6.07) is 1.80. The third-order valence-corrected chi connectivity index (χ3v) is 2.33. The van der Waals surface area contributed by atoms with Crippen LogP contribution in [0, 0.1) is 0 Å². The Kier molecular flexibility index (Phi) is 5.05. The van der Waals surface area contributed by atoms with Crippen molar-refractivity contribution in [3.63, 3.8) is 0 Å². The van der Waals surface area contributed by atoms with E-state index in [4.69, 9.17) is 4.74 Å². The maximum atomic E-state index is 11.4. The number of hydrogen-bond donors (Lipinski definition) is 1. The number of aliphatic hydroxyl groups is 1. The molecule has 90 valence electrons. The summed E-state index contributed by atoms with van der Waals surface area (Å²) >= 11 is 0. The SMILES string of the molecule is CCCCOC(=O)Cn1ccc(C(C)O)c1. The van der Waals surface area contributed by atoms with Gasteiger partial charge < -0.3 is 14.4 Å². The van der Waals surface area contributed by atoms with Crippen LogP contribution in [-0.4, -0.2) is 22.2 Å². The van der Waals surface area contributed by atoms with Crippen LogP contribution in [0.2, 0.25) is 0 Å². The average Bonchev–Trinajstić information content (AvgIpc) is 2.66. The Balaban J connectivity index is 2.37. The number of hydrogen-bond acceptors (Lipinski definition) is 3. The molecule has 1 N–H and O–H groups in total. The zero-order chi connectivity index (χ0) is 12.0. The van der Waals surface area contributed by atoms with Gasteiger partial charge in [-0.25, -0.2) is 0 Å². The van der Waals surface area contributed by atoms with Gasteiger partial charge >= 0.3 is 5.97 Å². The summed E-state index contributed by atoms with van der Waals surface area (Å²) in [6.07, 6.45) is 4.94. The standard InChI is InChI=1S/C12H19NO3/c1-3-4-7-16-12(15)9-13-6-5-11(8-13)10(2)14/h5-6,8,10,14H,3-4,7,9H2,1-2H3. The van der Waals surface area contributed by atoms with Gasteiger partial charge in [0.15, 0.2) is 0 Å². The first-order chi connectivity index (χ1) is 7.63. The second-order valence-corrected chi connectivity index (χ2v) is 3.87. The number of aromatic nitrogens is 1. The van der Waals surface area contributed by atoms with Gasteiger partial charge in [-0.05, 0) is 25.0 Å². The Morgan fingerprint density at radius 2 is 2.38 bits per heavy atom. The highest BCUT2D eigenvalue weighted by atomic mass is 16.5. The van der Waals surface area contributed by atoms with Crippen LogP contribution >= 0.6 is 0 Å². The van der Waals surface area contributed by atoms with E-state index in [1.165, 1.54) is 0 Å². The number of unbranched alkanes of at least 4 members (excludes halogenated alkanes) is 1. The molecule has 16 heavy (non-hydrogen) atoms. The van der Waals surface area contributed by atoms with Gasteiger partial charge in [-0.15, -0.1) is 0 Å². The van der Waals surface area contributed by atoms with Crippen LogP contribution in [0.15, 0.2) is 18.5 Å². The van der Waals surface area contributed by atoms with Gasteiger partial charge in [0.1, 0.15) is 6.54 Å². The summed E-state index contributed by atoms with van der Waals surface area (Å²) in [5.74, 6) is -0.235. The quantitative estimate of drug-likeness (QED) is 0.594. The molecule has 0 radical (unpaired) electrons. The van der Waals surface area contributed by atoms with Gasteiger partial charge in [0.25, 0.3) is 0 Å². The number of aliphatic hydroxyl groups excluding tert-OH is 1. The molecule has 0 aromatic carbocycles. The second-order valence-electron chi connectivity index (χ2n) is 3.87. The molecule has 0 bridgehead atoms. The van der Waals surface area contributed by atoms with Crippen LogP contribution in [0.3, 0.4) is 0 Å². The number of carbonyl (C=O) groups excluding carboxylic acids is 1. The average molecular weight is 225 g/mol. The van der Waals surface area contributed by atoms with Crippen molar-refractivity contribution in [1.29, 1.82) is 0 Å². The zero-order valence-electron chi connectivity index (χ0n) is 9.85. The fraction of sp³-hybridized carbons (Fsp3) is 0.583. The molecule has 0 aliphatic rings. The minimum Gasteiger partial charge on any atom is -0.464 e. The first-order valence-electron chi connectivity index (χ1n) is 5.63. The van der Waals surface area contributed by atoms with E-state index in [-0.39, 0.29) is 12.5 Å². The maximum absolute atomic E-state index is 11.4. The first kappa shape index (κ1) is 12.8. The Bertz CT molecular complexity index is 331. The van der Waals surface area contributed by atoms with Crippen LogP contribution in [0.25, 0.3) is 0 Å². The number of carbonyl (C=O) groups is 1. The van der Waals surface area contributed by atoms with E-state index in [0.29, 0.717) is 6.61 Å². The highest BCUT2D eigenvalue weighted by molar-refractivity contribution is 5.69. The fourth-order valence-electron chi connectivity index (χ4n) is 1.33. The lowest BCUT2D eigenvalue weighted by atomic mass is 10.2. The Labute approximate surface area is 95.8 Å². The molecule has 1 aromatic heterocycles. The lowest BCUT2D eigenvalue weighted by Crippen LogP contribution is -2.13. The van der Waals surface area contributed by atoms with Gasteiger partial charge in [0.2, 0.25) is 0 Å². The second kappa shape index (κ2) is 6.33. The number of ether oxygens (including phenoxy) is 1. The number of nitrogens with zero attached hydrogens (tertiary/aromatic N) is 1. The molecular weight excluding hydrogens is 206 g/mol. The van der Waals surface area contributed by atoms with Crippen molar-refractivity contribution < 1.29 is 14.6 Å². The monoisotopic (exact) mass is 225 g/mol. The van der Waals surface area contributed by atoms with Crippen molar-refractivity contribution in [1.82, 2.24) is 4.57 Å². The van der Waals surface area contributed by atoms with Crippen LogP contribution in [-0.2, 0) is 16.1 Å². The lowest BCUT2D eigenvalue weighted by Gasteiger charge is -2.04. The van der Waals surface area contributed by atoms with E-state index in [9.17, 15) is 9.90 Å². The van der Waals surface area contributed by atoms with Gasteiger partial charge in [-0.1, -0.05) is 13.3 Å². The summed E-state index contributed by atoms with van der Waals surface area (Å²) in [7, 11) is 0. The highest BCUT2D eigenvalue weighted by Crippen LogP contribution is 2.11. The summed E-state index contributed by atoms with van der Waals surface area (Å²) in [4.78, 5) is 11.4. The molecule has 4 heteroatoms. The predicted octanol–water partition coefficient (Wildman–Crippen LogP) is 1.88. The molecule has 1 unspecified atom stereocenters. The molecule has 0 aliphatic carbocycles. The van der Waals surface area contributed by atoms with Crippen LogP contribution in [0.4, 0.5) is 0 Å². The molecule has 0 saturated heterocycles.